The van der Waals surface area contributed by atoms with Gasteiger partial charge >= 0.3 is 6.01 Å². The molecule has 7 rings (SSSR count). The largest absolute Gasteiger partial charge is 0.480 e. The van der Waals surface area contributed by atoms with Gasteiger partial charge < -0.3 is 14.4 Å². The predicted molar refractivity (Wildman–Crippen MR) is 175 cm³/mol. The summed E-state index contributed by atoms with van der Waals surface area (Å²) in [6, 6.07) is 31.5. The first kappa shape index (κ1) is 30.5. The predicted octanol–water partition coefficient (Wildman–Crippen LogP) is 8.80. The van der Waals surface area contributed by atoms with Gasteiger partial charge in [0.15, 0.2) is 0 Å². The van der Waals surface area contributed by atoms with Crippen LogP contribution in [0, 0.1) is 6.07 Å². The van der Waals surface area contributed by atoms with Crippen LogP contribution in [0.25, 0.3) is 44.5 Å². The molecule has 0 atom stereocenters. The Morgan fingerprint density at radius 1 is 0.689 bits per heavy atom. The van der Waals surface area contributed by atoms with Crippen LogP contribution in [0.4, 0.5) is 0 Å². The number of fused-ring (bicyclic) bond motifs is 4. The van der Waals surface area contributed by atoms with E-state index >= 15 is 0 Å². The van der Waals surface area contributed by atoms with Crippen molar-refractivity contribution in [3.63, 3.8) is 0 Å². The second-order valence-electron chi connectivity index (χ2n) is 13.2. The summed E-state index contributed by atoms with van der Waals surface area (Å²) in [5.74, 6) is 2.28. The van der Waals surface area contributed by atoms with Gasteiger partial charge in [-0.15, -0.1) is 17.5 Å². The van der Waals surface area contributed by atoms with Gasteiger partial charge in [-0.3, -0.25) is 0 Å². The van der Waals surface area contributed by atoms with Crippen molar-refractivity contribution < 1.29 is 30.9 Å². The number of pyridine rings is 2. The van der Waals surface area contributed by atoms with Gasteiger partial charge in [0.1, 0.15) is 11.6 Å². The Morgan fingerprint density at radius 3 is 2.13 bits per heavy atom. The Labute approximate surface area is 276 Å². The van der Waals surface area contributed by atoms with E-state index in [0.29, 0.717) is 23.0 Å². The van der Waals surface area contributed by atoms with Gasteiger partial charge in [-0.25, -0.2) is 9.55 Å². The maximum atomic E-state index is 10.8. The number of aromatic nitrogens is 5. The van der Waals surface area contributed by atoms with E-state index in [1.807, 2.05) is 60.8 Å². The first-order chi connectivity index (χ1) is 21.0. The van der Waals surface area contributed by atoms with Crippen molar-refractivity contribution >= 4 is 32.8 Å². The van der Waals surface area contributed by atoms with Crippen molar-refractivity contribution in [2.75, 3.05) is 0 Å². The first-order valence-corrected chi connectivity index (χ1v) is 14.8. The average Bonchev–Trinajstić information content (AvgIpc) is 3.49. The van der Waals surface area contributed by atoms with Crippen molar-refractivity contribution in [1.82, 2.24) is 24.1 Å². The van der Waals surface area contributed by atoms with Crippen LogP contribution in [0.3, 0.4) is 0 Å². The molecular formula is C37H34N5O2Pt-. The number of benzene rings is 3. The summed E-state index contributed by atoms with van der Waals surface area (Å²) in [7, 11) is 0. The minimum absolute atomic E-state index is 0. The molecule has 230 valence electrons. The number of aromatic hydroxyl groups is 1. The SMILES string of the molecule is CC(C)(C)c1cc(Oc2[c-]c3c(cc2)c2ccccc2n3-c2cc(C(C)(C)C)ccn2)nc(-n2c(O)nc3ccccc32)c1.[Pt]. The van der Waals surface area contributed by atoms with Gasteiger partial charge in [-0.1, -0.05) is 77.4 Å². The van der Waals surface area contributed by atoms with Crippen molar-refractivity contribution in [3.8, 4) is 29.3 Å². The molecule has 0 saturated carbocycles. The van der Waals surface area contributed by atoms with Gasteiger partial charge in [-0.05, 0) is 63.7 Å². The molecule has 0 fully saturated rings. The quantitative estimate of drug-likeness (QED) is 0.181. The molecule has 45 heavy (non-hydrogen) atoms. The smallest absolute Gasteiger partial charge is 0.300 e. The number of imidazole rings is 1. The second-order valence-corrected chi connectivity index (χ2v) is 13.2. The molecule has 7 nitrogen and oxygen atoms in total. The topological polar surface area (TPSA) is 78.0 Å². The summed E-state index contributed by atoms with van der Waals surface area (Å²) < 4.78 is 10.3. The number of hydrogen-bond acceptors (Lipinski definition) is 5. The van der Waals surface area contributed by atoms with E-state index in [1.165, 1.54) is 5.56 Å². The average molecular weight is 776 g/mol. The Hall–Kier alpha value is -4.48. The minimum Gasteiger partial charge on any atom is -0.480 e. The summed E-state index contributed by atoms with van der Waals surface area (Å²) in [5, 5.41) is 13.0. The van der Waals surface area contributed by atoms with Crippen LogP contribution < -0.4 is 4.74 Å². The van der Waals surface area contributed by atoms with Crippen LogP contribution in [0.1, 0.15) is 52.7 Å². The summed E-state index contributed by atoms with van der Waals surface area (Å²) in [4.78, 5) is 14.0. The van der Waals surface area contributed by atoms with Crippen LogP contribution in [-0.4, -0.2) is 29.2 Å². The van der Waals surface area contributed by atoms with E-state index in [9.17, 15) is 5.11 Å². The number of ether oxygens (including phenoxy) is 1. The number of para-hydroxylation sites is 3. The molecule has 0 aliphatic heterocycles. The van der Waals surface area contributed by atoms with Crippen molar-refractivity contribution in [3.05, 3.63) is 108 Å². The van der Waals surface area contributed by atoms with E-state index < -0.39 is 0 Å². The molecule has 0 aliphatic rings. The monoisotopic (exact) mass is 775 g/mol. The van der Waals surface area contributed by atoms with E-state index in [-0.39, 0.29) is 37.9 Å². The summed E-state index contributed by atoms with van der Waals surface area (Å²) in [5.41, 5.74) is 5.35. The zero-order valence-corrected chi connectivity index (χ0v) is 28.3. The molecule has 0 amide bonds. The summed E-state index contributed by atoms with van der Waals surface area (Å²) in [6.07, 6.45) is 1.87. The maximum Gasteiger partial charge on any atom is 0.300 e. The van der Waals surface area contributed by atoms with E-state index in [4.69, 9.17) is 14.7 Å². The fraction of sp³-hybridized carbons (Fsp3) is 0.216. The molecule has 1 N–H and O–H groups in total. The Balaban J connectivity index is 0.00000357. The molecular weight excluding hydrogens is 742 g/mol. The number of nitrogens with zero attached hydrogens (tertiary/aromatic N) is 5. The zero-order valence-electron chi connectivity index (χ0n) is 26.1. The maximum absolute atomic E-state index is 10.8. The van der Waals surface area contributed by atoms with Crippen LogP contribution in [0.5, 0.6) is 17.6 Å². The Kier molecular flexibility index (Phi) is 7.57. The van der Waals surface area contributed by atoms with Crippen LogP contribution in [-0.2, 0) is 31.9 Å². The van der Waals surface area contributed by atoms with Gasteiger partial charge in [0.2, 0.25) is 5.88 Å². The molecule has 0 saturated heterocycles. The molecule has 3 aromatic carbocycles. The molecule has 4 heterocycles. The fourth-order valence-electron chi connectivity index (χ4n) is 5.62. The molecule has 7 aromatic rings. The third kappa shape index (κ3) is 5.51. The fourth-order valence-corrected chi connectivity index (χ4v) is 5.62. The van der Waals surface area contributed by atoms with Crippen LogP contribution >= 0.6 is 0 Å². The number of hydrogen-bond donors (Lipinski definition) is 1. The summed E-state index contributed by atoms with van der Waals surface area (Å²) >= 11 is 0. The van der Waals surface area contributed by atoms with Crippen molar-refractivity contribution in [1.29, 1.82) is 0 Å². The third-order valence-electron chi connectivity index (χ3n) is 8.04. The van der Waals surface area contributed by atoms with Crippen molar-refractivity contribution in [2.24, 2.45) is 0 Å². The molecule has 8 heteroatoms. The second kappa shape index (κ2) is 11.1. The number of rotatable bonds is 4. The normalized spacial score (nSPS) is 12.1. The van der Waals surface area contributed by atoms with Gasteiger partial charge in [0.25, 0.3) is 0 Å². The van der Waals surface area contributed by atoms with E-state index in [1.54, 1.807) is 4.57 Å². The van der Waals surface area contributed by atoms with E-state index in [2.05, 4.69) is 87.5 Å². The van der Waals surface area contributed by atoms with Gasteiger partial charge in [0.05, 0.1) is 11.0 Å². The molecule has 0 bridgehead atoms. The molecule has 4 aromatic heterocycles. The van der Waals surface area contributed by atoms with E-state index in [0.717, 1.165) is 38.7 Å². The zero-order chi connectivity index (χ0) is 30.8. The Bertz CT molecular complexity index is 2200. The standard InChI is InChI=1S/C37H34N5O2.Pt/c1-36(2,3)23-17-18-38-32(19-23)41-29-13-9-7-11-26(29)27-16-15-25(22-31(27)41)44-34-21-24(37(4,5)6)20-33(40-34)42-30-14-10-8-12-28(30)39-35(42)43;/h7-21H,1-6H3,(H,39,43);/q-1;. The summed E-state index contributed by atoms with van der Waals surface area (Å²) in [6.45, 7) is 13.0. The van der Waals surface area contributed by atoms with Crippen LogP contribution in [0.2, 0.25) is 0 Å². The van der Waals surface area contributed by atoms with Crippen molar-refractivity contribution in [2.45, 2.75) is 52.4 Å². The Morgan fingerprint density at radius 2 is 1.38 bits per heavy atom. The van der Waals surface area contributed by atoms with Gasteiger partial charge in [0, 0.05) is 44.6 Å². The third-order valence-corrected chi connectivity index (χ3v) is 8.04. The molecule has 0 spiro atoms. The first-order valence-electron chi connectivity index (χ1n) is 14.8. The molecule has 0 aliphatic carbocycles. The van der Waals surface area contributed by atoms with Gasteiger partial charge in [-0.2, -0.15) is 16.0 Å². The minimum atomic E-state index is -0.203. The molecule has 0 unspecified atom stereocenters. The van der Waals surface area contributed by atoms with Crippen LogP contribution in [0.15, 0.2) is 91.1 Å². The molecule has 0 radical (unpaired) electrons.